The number of methoxy groups -OCH3 is 1. The highest BCUT2D eigenvalue weighted by Crippen LogP contribution is 2.38. The Morgan fingerprint density at radius 2 is 2.03 bits per heavy atom. The number of aryl methyl sites for hydroxylation is 1. The molecule has 1 aromatic heterocycles. The van der Waals surface area contributed by atoms with Crippen LogP contribution in [0.1, 0.15) is 54.4 Å². The second kappa shape index (κ2) is 10.4. The summed E-state index contributed by atoms with van der Waals surface area (Å²) < 4.78 is 15.6. The number of amidine groups is 1. The number of alkyl carbamates (subject to hydrolysis) is 1. The maximum absolute atomic E-state index is 12.6. The van der Waals surface area contributed by atoms with Gasteiger partial charge in [0.2, 0.25) is 0 Å². The summed E-state index contributed by atoms with van der Waals surface area (Å²) in [4.78, 5) is 18.8. The van der Waals surface area contributed by atoms with Crippen molar-refractivity contribution < 1.29 is 14.3 Å². The van der Waals surface area contributed by atoms with Crippen LogP contribution >= 0.6 is 11.9 Å². The van der Waals surface area contributed by atoms with E-state index in [2.05, 4.69) is 26.1 Å². The minimum absolute atomic E-state index is 0.338. The molecule has 36 heavy (non-hydrogen) atoms. The fraction of sp³-hybridized carbons (Fsp3) is 0.480. The number of pyridine rings is 1. The molecule has 0 unspecified atom stereocenters. The van der Waals surface area contributed by atoms with Crippen LogP contribution in [-0.4, -0.2) is 58.2 Å². The number of carbonyl (C=O) groups is 1. The Morgan fingerprint density at radius 3 is 2.72 bits per heavy atom. The number of aromatic nitrogens is 4. The van der Waals surface area contributed by atoms with Crippen LogP contribution in [-0.2, 0) is 23.5 Å². The standard InChI is InChI=1S/C25H33N7O3S/c1-14-11-27-19(15(2)22(14)34-7)12-32-29-18-10-16(8-9-26-6)17-13-36-31-23(21(30-32)20(17)18)28-24(33)35-25(3,4)5/h10-11,26H,8-9,12-13H2,1-7H3,(H,28,31,33). The first kappa shape index (κ1) is 25.9. The number of carbonyl (C=O) groups excluding carboxylic acids is 1. The molecule has 0 radical (unpaired) electrons. The van der Waals surface area contributed by atoms with Crippen LogP contribution in [0.3, 0.4) is 0 Å². The van der Waals surface area contributed by atoms with Crippen molar-refractivity contribution in [1.29, 1.82) is 0 Å². The number of likely N-dealkylation sites (N-methyl/N-ethyl adjacent to an activating group) is 1. The second-order valence-electron chi connectivity index (χ2n) is 9.73. The first-order valence-corrected chi connectivity index (χ1v) is 12.8. The van der Waals surface area contributed by atoms with Gasteiger partial charge in [-0.05, 0) is 83.8 Å². The maximum Gasteiger partial charge on any atom is 0.413 e. The highest BCUT2D eigenvalue weighted by atomic mass is 32.2. The molecule has 3 aliphatic rings. The minimum Gasteiger partial charge on any atom is -0.496 e. The maximum atomic E-state index is 12.6. The van der Waals surface area contributed by atoms with E-state index >= 15 is 0 Å². The molecule has 0 saturated carbocycles. The van der Waals surface area contributed by atoms with Crippen LogP contribution in [0.15, 0.2) is 16.7 Å². The van der Waals surface area contributed by atoms with Crippen molar-refractivity contribution in [2.45, 2.75) is 58.9 Å². The van der Waals surface area contributed by atoms with Crippen LogP contribution < -0.4 is 15.4 Å². The molecule has 2 N–H and O–H groups in total. The Morgan fingerprint density at radius 1 is 1.25 bits per heavy atom. The second-order valence-corrected chi connectivity index (χ2v) is 10.5. The van der Waals surface area contributed by atoms with Gasteiger partial charge in [-0.15, -0.1) is 0 Å². The van der Waals surface area contributed by atoms with Crippen LogP contribution in [0.2, 0.25) is 0 Å². The van der Waals surface area contributed by atoms with E-state index in [4.69, 9.17) is 19.7 Å². The molecule has 1 amide bonds. The summed E-state index contributed by atoms with van der Waals surface area (Å²) in [6.45, 7) is 10.6. The van der Waals surface area contributed by atoms with Crippen LogP contribution in [0.25, 0.3) is 11.3 Å². The average Bonchev–Trinajstić information content (AvgIpc) is 3.04. The monoisotopic (exact) mass is 511 g/mol. The molecule has 0 atom stereocenters. The van der Waals surface area contributed by atoms with Crippen molar-refractivity contribution in [1.82, 2.24) is 30.6 Å². The molecule has 0 spiro atoms. The van der Waals surface area contributed by atoms with Gasteiger partial charge in [0.25, 0.3) is 0 Å². The molecular weight excluding hydrogens is 478 g/mol. The Kier molecular flexibility index (Phi) is 7.51. The third-order valence-electron chi connectivity index (χ3n) is 5.83. The average molecular weight is 512 g/mol. The van der Waals surface area contributed by atoms with Gasteiger partial charge in [-0.25, -0.2) is 4.79 Å². The zero-order valence-corrected chi connectivity index (χ0v) is 22.7. The summed E-state index contributed by atoms with van der Waals surface area (Å²) in [6.07, 6.45) is 2.07. The van der Waals surface area contributed by atoms with E-state index in [1.54, 1.807) is 18.1 Å². The number of hydrogen-bond acceptors (Lipinski definition) is 9. The zero-order valence-electron chi connectivity index (χ0n) is 21.9. The molecule has 192 valence electrons. The molecular formula is C25H33N7O3S. The van der Waals surface area contributed by atoms with E-state index in [1.165, 1.54) is 17.5 Å². The lowest BCUT2D eigenvalue weighted by molar-refractivity contribution is 0.0563. The fourth-order valence-corrected chi connectivity index (χ4v) is 5.01. The Bertz CT molecular complexity index is 1280. The number of ether oxygens (including phenoxy) is 2. The van der Waals surface area contributed by atoms with Crippen LogP contribution in [0.5, 0.6) is 5.75 Å². The number of nitrogens with one attached hydrogen (secondary N) is 2. The predicted molar refractivity (Wildman–Crippen MR) is 141 cm³/mol. The van der Waals surface area contributed by atoms with Gasteiger partial charge < -0.3 is 14.8 Å². The van der Waals surface area contributed by atoms with Gasteiger partial charge in [0.05, 0.1) is 18.5 Å². The Balaban J connectivity index is 1.79. The summed E-state index contributed by atoms with van der Waals surface area (Å²) in [5, 5.41) is 15.7. The zero-order chi connectivity index (χ0) is 26.0. The van der Waals surface area contributed by atoms with E-state index < -0.39 is 11.7 Å². The summed E-state index contributed by atoms with van der Waals surface area (Å²) in [7, 11) is 3.59. The van der Waals surface area contributed by atoms with E-state index in [9.17, 15) is 4.79 Å². The lowest BCUT2D eigenvalue weighted by Gasteiger charge is -2.20. The third kappa shape index (κ3) is 5.46. The van der Waals surface area contributed by atoms with Gasteiger partial charge in [-0.2, -0.15) is 19.4 Å². The SMILES string of the molecule is CNCCc1cc2nn(Cc3ncc(C)c(OC)c3C)nc3c-2c1CSN=C3NC(=O)OC(C)(C)C. The van der Waals surface area contributed by atoms with Crippen molar-refractivity contribution in [2.75, 3.05) is 20.7 Å². The normalized spacial score (nSPS) is 13.4. The molecule has 2 aliphatic heterocycles. The molecule has 0 bridgehead atoms. The van der Waals surface area contributed by atoms with Crippen molar-refractivity contribution in [3.63, 3.8) is 0 Å². The van der Waals surface area contributed by atoms with Crippen molar-refractivity contribution >= 4 is 23.9 Å². The lowest BCUT2D eigenvalue weighted by atomic mass is 10.1. The molecule has 10 nitrogen and oxygen atoms in total. The molecule has 0 aromatic carbocycles. The number of rotatable bonds is 6. The van der Waals surface area contributed by atoms with Gasteiger partial charge in [0.1, 0.15) is 23.6 Å². The Labute approximate surface area is 215 Å². The van der Waals surface area contributed by atoms with Crippen molar-refractivity contribution in [3.8, 4) is 17.0 Å². The molecule has 1 aliphatic carbocycles. The van der Waals surface area contributed by atoms with Gasteiger partial charge >= 0.3 is 6.09 Å². The van der Waals surface area contributed by atoms with Crippen LogP contribution in [0.4, 0.5) is 4.79 Å². The molecule has 3 heterocycles. The van der Waals surface area contributed by atoms with Crippen molar-refractivity contribution in [3.05, 3.63) is 45.9 Å². The first-order chi connectivity index (χ1) is 17.1. The molecule has 1 aromatic rings. The first-order valence-electron chi connectivity index (χ1n) is 11.8. The molecule has 4 rings (SSSR count). The van der Waals surface area contributed by atoms with Gasteiger partial charge in [-0.3, -0.25) is 10.3 Å². The topological polar surface area (TPSA) is 116 Å². The fourth-order valence-electron chi connectivity index (χ4n) is 4.23. The van der Waals surface area contributed by atoms with E-state index in [0.717, 1.165) is 52.4 Å². The van der Waals surface area contributed by atoms with Crippen molar-refractivity contribution in [2.24, 2.45) is 4.40 Å². The van der Waals surface area contributed by atoms with E-state index in [1.807, 2.05) is 41.7 Å². The summed E-state index contributed by atoms with van der Waals surface area (Å²) in [5.41, 5.74) is 6.69. The highest BCUT2D eigenvalue weighted by Gasteiger charge is 2.30. The Hall–Kier alpha value is -3.18. The number of hydrogen-bond donors (Lipinski definition) is 2. The largest absolute Gasteiger partial charge is 0.496 e. The minimum atomic E-state index is -0.636. The molecule has 0 fully saturated rings. The molecule has 0 saturated heterocycles. The van der Waals surface area contributed by atoms with E-state index in [0.29, 0.717) is 23.8 Å². The van der Waals surface area contributed by atoms with Crippen LogP contribution in [0, 0.1) is 13.8 Å². The van der Waals surface area contributed by atoms with Gasteiger partial charge in [0.15, 0.2) is 5.84 Å². The van der Waals surface area contributed by atoms with Gasteiger partial charge in [0, 0.05) is 28.6 Å². The number of amides is 1. The van der Waals surface area contributed by atoms with E-state index in [-0.39, 0.29) is 0 Å². The molecule has 11 heteroatoms. The summed E-state index contributed by atoms with van der Waals surface area (Å²) in [6, 6.07) is 2.11. The third-order valence-corrected chi connectivity index (χ3v) is 6.56. The summed E-state index contributed by atoms with van der Waals surface area (Å²) in [5.74, 6) is 1.82. The highest BCUT2D eigenvalue weighted by molar-refractivity contribution is 7.97. The predicted octanol–water partition coefficient (Wildman–Crippen LogP) is 3.65. The number of nitrogens with zero attached hydrogens (tertiary/aromatic N) is 5. The summed E-state index contributed by atoms with van der Waals surface area (Å²) >= 11 is 1.38. The smallest absolute Gasteiger partial charge is 0.413 e. The van der Waals surface area contributed by atoms with Gasteiger partial charge in [-0.1, -0.05) is 0 Å². The quantitative estimate of drug-likeness (QED) is 0.482. The lowest BCUT2D eigenvalue weighted by Crippen LogP contribution is -2.37.